The minimum atomic E-state index is 0.187. The molecule has 57 heavy (non-hydrogen) atoms. The first kappa shape index (κ1) is 38.0. The number of nitrogens with one attached hydrogen (secondary N) is 2. The van der Waals surface area contributed by atoms with Gasteiger partial charge in [0.05, 0.1) is 0 Å². The fourth-order valence-electron chi connectivity index (χ4n) is 8.91. The van der Waals surface area contributed by atoms with Crippen LogP contribution in [0.4, 0.5) is 11.4 Å². The molecule has 4 unspecified atom stereocenters. The Labute approximate surface area is 341 Å². The van der Waals surface area contributed by atoms with Crippen molar-refractivity contribution in [3.8, 4) is 11.1 Å². The molecule has 0 radical (unpaired) electrons. The second-order valence-corrected chi connectivity index (χ2v) is 16.1. The summed E-state index contributed by atoms with van der Waals surface area (Å²) in [4.78, 5) is 0. The maximum atomic E-state index is 3.96. The Balaban J connectivity index is 0.977. The van der Waals surface area contributed by atoms with Gasteiger partial charge in [-0.3, -0.25) is 0 Å². The van der Waals surface area contributed by atoms with E-state index in [2.05, 4.69) is 207 Å². The van der Waals surface area contributed by atoms with Gasteiger partial charge in [0.2, 0.25) is 0 Å². The third-order valence-electron chi connectivity index (χ3n) is 12.0. The molecule has 0 saturated heterocycles. The van der Waals surface area contributed by atoms with E-state index in [4.69, 9.17) is 0 Å². The van der Waals surface area contributed by atoms with Crippen LogP contribution in [0.2, 0.25) is 0 Å². The Morgan fingerprint density at radius 2 is 1.33 bits per heavy atom. The molecule has 0 fully saturated rings. The molecule has 3 aliphatic carbocycles. The third-order valence-corrected chi connectivity index (χ3v) is 12.0. The minimum Gasteiger partial charge on any atom is -0.379 e. The predicted octanol–water partition coefficient (Wildman–Crippen LogP) is 14.6. The number of hydrogen-bond acceptors (Lipinski definition) is 2. The Hall–Kier alpha value is -5.86. The van der Waals surface area contributed by atoms with Gasteiger partial charge in [-0.25, -0.2) is 0 Å². The van der Waals surface area contributed by atoms with Crippen LogP contribution in [-0.2, 0) is 0 Å². The van der Waals surface area contributed by atoms with Gasteiger partial charge < -0.3 is 10.6 Å². The molecule has 3 aliphatic rings. The van der Waals surface area contributed by atoms with Crippen molar-refractivity contribution < 1.29 is 0 Å². The summed E-state index contributed by atoms with van der Waals surface area (Å²) in [5.74, 6) is 0.771. The maximum Gasteiger partial charge on any atom is 0.0450 e. The van der Waals surface area contributed by atoms with Crippen molar-refractivity contribution in [2.24, 2.45) is 0 Å². The summed E-state index contributed by atoms with van der Waals surface area (Å²) in [7, 11) is 0. The predicted molar refractivity (Wildman–Crippen MR) is 245 cm³/mol. The van der Waals surface area contributed by atoms with E-state index < -0.39 is 0 Å². The molecule has 5 aromatic rings. The van der Waals surface area contributed by atoms with E-state index in [0.717, 1.165) is 44.2 Å². The van der Waals surface area contributed by atoms with Gasteiger partial charge in [0, 0.05) is 29.4 Å². The summed E-state index contributed by atoms with van der Waals surface area (Å²) in [6, 6.07) is 50.8. The Morgan fingerprint density at radius 1 is 0.649 bits per heavy atom. The first-order valence-electron chi connectivity index (χ1n) is 21.1. The van der Waals surface area contributed by atoms with E-state index in [1.165, 1.54) is 67.8 Å². The normalized spacial score (nSPS) is 19.4. The quantitative estimate of drug-likeness (QED) is 0.125. The summed E-state index contributed by atoms with van der Waals surface area (Å²) >= 11 is 0. The van der Waals surface area contributed by atoms with Crippen molar-refractivity contribution in [1.82, 2.24) is 0 Å². The van der Waals surface area contributed by atoms with Gasteiger partial charge in [-0.05, 0) is 132 Å². The molecule has 0 aliphatic heterocycles. The molecule has 0 heterocycles. The first-order valence-corrected chi connectivity index (χ1v) is 21.1. The minimum absolute atomic E-state index is 0.187. The molecule has 286 valence electrons. The summed E-state index contributed by atoms with van der Waals surface area (Å²) in [6.45, 7) is 4.65. The van der Waals surface area contributed by atoms with E-state index in [-0.39, 0.29) is 6.04 Å². The van der Waals surface area contributed by atoms with Crippen LogP contribution in [0, 0.1) is 0 Å². The van der Waals surface area contributed by atoms with E-state index in [0.29, 0.717) is 17.9 Å². The average Bonchev–Trinajstić information content (AvgIpc) is 3.28. The lowest BCUT2D eigenvalue weighted by molar-refractivity contribution is 0.681. The molecule has 0 spiro atoms. The standard InChI is InChI=1S/C55H56N2/c1-40(42-16-6-3-7-17-42)36-51(37-41(2)56-52-34-32-45(33-35-52)43-18-8-4-9-19-43)47-30-28-46(29-31-47)48-22-14-24-50(38-48)54-26-12-13-27-55(54)57-53-25-15-23-49(39-53)44-20-10-5-11-21-44/h3-14,16-22,24,26-28,30,32-35,37,39-41,50,53,56-57H,15,23,25,29,31,36,38H2,1-2H3/b51-37+. The third kappa shape index (κ3) is 9.76. The highest BCUT2D eigenvalue weighted by molar-refractivity contribution is 5.69. The van der Waals surface area contributed by atoms with Crippen LogP contribution in [0.15, 0.2) is 204 Å². The fourth-order valence-corrected chi connectivity index (χ4v) is 8.91. The number of hydrogen-bond donors (Lipinski definition) is 2. The van der Waals surface area contributed by atoms with Crippen LogP contribution in [-0.4, -0.2) is 12.1 Å². The van der Waals surface area contributed by atoms with Gasteiger partial charge in [-0.1, -0.05) is 171 Å². The summed E-state index contributed by atoms with van der Waals surface area (Å²) in [6.07, 6.45) is 24.5. The number of rotatable bonds is 13. The van der Waals surface area contributed by atoms with Gasteiger partial charge in [0.1, 0.15) is 0 Å². The molecule has 0 aromatic heterocycles. The van der Waals surface area contributed by atoms with Crippen molar-refractivity contribution in [1.29, 1.82) is 0 Å². The monoisotopic (exact) mass is 744 g/mol. The van der Waals surface area contributed by atoms with Crippen LogP contribution in [0.5, 0.6) is 0 Å². The van der Waals surface area contributed by atoms with Gasteiger partial charge >= 0.3 is 0 Å². The smallest absolute Gasteiger partial charge is 0.0450 e. The van der Waals surface area contributed by atoms with Crippen molar-refractivity contribution in [2.75, 3.05) is 10.6 Å². The van der Waals surface area contributed by atoms with Crippen LogP contribution >= 0.6 is 0 Å². The Bertz CT molecular complexity index is 2290. The number of allylic oxidation sites excluding steroid dienone is 10. The van der Waals surface area contributed by atoms with Crippen LogP contribution < -0.4 is 10.6 Å². The molecular formula is C55H56N2. The highest BCUT2D eigenvalue weighted by Crippen LogP contribution is 2.40. The molecular weight excluding hydrogens is 689 g/mol. The maximum absolute atomic E-state index is 3.96. The summed E-state index contributed by atoms with van der Waals surface area (Å²) < 4.78 is 0. The zero-order chi connectivity index (χ0) is 38.8. The Kier molecular flexibility index (Phi) is 12.3. The molecule has 2 heteroatoms. The SMILES string of the molecule is CC(/C=C(\CC(C)c1ccccc1)C1=CC=C(C2=CC=CC(c3ccccc3NC3C=C(c4ccccc4)CCC3)C2)CC1)Nc1ccc(-c2ccccc2)cc1. The first-order chi connectivity index (χ1) is 28.1. The summed E-state index contributed by atoms with van der Waals surface area (Å²) in [5.41, 5.74) is 16.3. The number of anilines is 2. The lowest BCUT2D eigenvalue weighted by Gasteiger charge is -2.28. The molecule has 0 saturated carbocycles. The largest absolute Gasteiger partial charge is 0.379 e. The molecule has 5 aromatic carbocycles. The van der Waals surface area contributed by atoms with E-state index in [9.17, 15) is 0 Å². The second kappa shape index (κ2) is 18.4. The molecule has 4 atom stereocenters. The average molecular weight is 745 g/mol. The Morgan fingerprint density at radius 3 is 2.07 bits per heavy atom. The zero-order valence-corrected chi connectivity index (χ0v) is 33.6. The molecule has 8 rings (SSSR count). The van der Waals surface area contributed by atoms with Crippen molar-refractivity contribution in [3.63, 3.8) is 0 Å². The lowest BCUT2D eigenvalue weighted by Crippen LogP contribution is -2.21. The van der Waals surface area contributed by atoms with Crippen LogP contribution in [0.25, 0.3) is 16.7 Å². The molecule has 0 bridgehead atoms. The number of benzene rings is 5. The van der Waals surface area contributed by atoms with Gasteiger partial charge in [-0.15, -0.1) is 0 Å². The number of para-hydroxylation sites is 1. The zero-order valence-electron chi connectivity index (χ0n) is 33.6. The van der Waals surface area contributed by atoms with Crippen LogP contribution in [0.3, 0.4) is 0 Å². The lowest BCUT2D eigenvalue weighted by atomic mass is 9.80. The van der Waals surface area contributed by atoms with Crippen molar-refractivity contribution in [3.05, 3.63) is 221 Å². The topological polar surface area (TPSA) is 24.1 Å². The molecule has 2 N–H and O–H groups in total. The van der Waals surface area contributed by atoms with Crippen molar-refractivity contribution in [2.45, 2.75) is 82.7 Å². The molecule has 2 nitrogen and oxygen atoms in total. The van der Waals surface area contributed by atoms with Gasteiger partial charge in [0.15, 0.2) is 0 Å². The van der Waals surface area contributed by atoms with Gasteiger partial charge in [-0.2, -0.15) is 0 Å². The summed E-state index contributed by atoms with van der Waals surface area (Å²) in [5, 5.41) is 7.74. The van der Waals surface area contributed by atoms with E-state index >= 15 is 0 Å². The van der Waals surface area contributed by atoms with E-state index in [1.807, 2.05) is 0 Å². The molecule has 0 amide bonds. The fraction of sp³-hybridized carbons (Fsp3) is 0.236. The van der Waals surface area contributed by atoms with E-state index in [1.54, 1.807) is 0 Å². The van der Waals surface area contributed by atoms with Crippen LogP contribution in [0.1, 0.15) is 87.3 Å². The van der Waals surface area contributed by atoms with Crippen molar-refractivity contribution >= 4 is 16.9 Å². The second-order valence-electron chi connectivity index (χ2n) is 16.1. The van der Waals surface area contributed by atoms with Gasteiger partial charge in [0.25, 0.3) is 0 Å². The highest BCUT2D eigenvalue weighted by Gasteiger charge is 2.23. The highest BCUT2D eigenvalue weighted by atomic mass is 14.9.